The number of carbonyl (C=O) groups excluding carboxylic acids is 1. The van der Waals surface area contributed by atoms with Gasteiger partial charge in [-0.1, -0.05) is 25.7 Å². The van der Waals surface area contributed by atoms with Gasteiger partial charge in [0.15, 0.2) is 11.5 Å². The van der Waals surface area contributed by atoms with Crippen molar-refractivity contribution in [1.29, 1.82) is 0 Å². The van der Waals surface area contributed by atoms with Crippen LogP contribution in [-0.2, 0) is 4.79 Å². The number of methoxy groups -OCH3 is 3. The smallest absolute Gasteiger partial charge is 0.225 e. The summed E-state index contributed by atoms with van der Waals surface area (Å²) in [4.78, 5) is 12.2. The Morgan fingerprint density at radius 3 is 2.12 bits per heavy atom. The van der Waals surface area contributed by atoms with Gasteiger partial charge >= 0.3 is 0 Å². The van der Waals surface area contributed by atoms with Crippen molar-refractivity contribution < 1.29 is 19.0 Å². The topological polar surface area (TPSA) is 68.8 Å². The largest absolute Gasteiger partial charge is 0.493 e. The molecule has 1 amide bonds. The molecule has 1 aliphatic carbocycles. The molecule has 140 valence electrons. The van der Waals surface area contributed by atoms with Crippen LogP contribution in [0.3, 0.4) is 0 Å². The highest BCUT2D eigenvalue weighted by Gasteiger charge is 2.15. The first-order valence-electron chi connectivity index (χ1n) is 9.01. The lowest BCUT2D eigenvalue weighted by molar-refractivity contribution is -0.116. The monoisotopic (exact) mass is 350 g/mol. The normalized spacial score (nSPS) is 15.3. The van der Waals surface area contributed by atoms with Crippen LogP contribution in [0.25, 0.3) is 0 Å². The molecule has 0 spiro atoms. The van der Waals surface area contributed by atoms with Gasteiger partial charge in [0.25, 0.3) is 0 Å². The summed E-state index contributed by atoms with van der Waals surface area (Å²) < 4.78 is 15.9. The molecule has 1 saturated carbocycles. The number of hydrogen-bond donors (Lipinski definition) is 2. The Morgan fingerprint density at radius 1 is 1.00 bits per heavy atom. The quantitative estimate of drug-likeness (QED) is 0.704. The molecule has 1 aromatic carbocycles. The first kappa shape index (κ1) is 19.4. The molecule has 0 radical (unpaired) electrons. The number of carbonyl (C=O) groups is 1. The van der Waals surface area contributed by atoms with Crippen LogP contribution >= 0.6 is 0 Å². The van der Waals surface area contributed by atoms with Gasteiger partial charge in [0.05, 0.1) is 21.3 Å². The molecule has 2 rings (SSSR count). The first-order chi connectivity index (χ1) is 12.2. The maximum absolute atomic E-state index is 12.2. The number of nitrogens with one attached hydrogen (secondary N) is 2. The Kier molecular flexibility index (Phi) is 7.85. The van der Waals surface area contributed by atoms with Crippen molar-refractivity contribution in [2.45, 2.75) is 51.0 Å². The van der Waals surface area contributed by atoms with E-state index in [1.165, 1.54) is 38.5 Å². The second-order valence-corrected chi connectivity index (χ2v) is 6.35. The maximum Gasteiger partial charge on any atom is 0.225 e. The fourth-order valence-electron chi connectivity index (χ4n) is 3.25. The lowest BCUT2D eigenvalue weighted by atomic mass is 10.1. The minimum Gasteiger partial charge on any atom is -0.493 e. The average Bonchev–Trinajstić information content (AvgIpc) is 2.89. The molecule has 25 heavy (non-hydrogen) atoms. The van der Waals surface area contributed by atoms with Crippen molar-refractivity contribution in [1.82, 2.24) is 5.32 Å². The summed E-state index contributed by atoms with van der Waals surface area (Å²) in [5, 5.41) is 6.41. The van der Waals surface area contributed by atoms with Gasteiger partial charge in [-0.3, -0.25) is 4.79 Å². The van der Waals surface area contributed by atoms with Crippen molar-refractivity contribution >= 4 is 11.6 Å². The summed E-state index contributed by atoms with van der Waals surface area (Å²) in [5.41, 5.74) is 0.633. The molecule has 0 aromatic heterocycles. The second-order valence-electron chi connectivity index (χ2n) is 6.35. The summed E-state index contributed by atoms with van der Waals surface area (Å²) in [5.74, 6) is 1.52. The molecule has 0 heterocycles. The van der Waals surface area contributed by atoms with E-state index in [4.69, 9.17) is 14.2 Å². The molecule has 1 aliphatic rings. The van der Waals surface area contributed by atoms with Crippen LogP contribution in [0.1, 0.15) is 44.9 Å². The predicted octanol–water partition coefficient (Wildman–Crippen LogP) is 3.35. The van der Waals surface area contributed by atoms with Gasteiger partial charge in [0.1, 0.15) is 0 Å². The Bertz CT molecular complexity index is 529. The van der Waals surface area contributed by atoms with Crippen LogP contribution in [0.4, 0.5) is 5.69 Å². The van der Waals surface area contributed by atoms with E-state index in [-0.39, 0.29) is 5.91 Å². The fraction of sp³-hybridized carbons (Fsp3) is 0.632. The van der Waals surface area contributed by atoms with E-state index in [0.717, 1.165) is 0 Å². The molecule has 2 N–H and O–H groups in total. The number of anilines is 1. The van der Waals surface area contributed by atoms with E-state index in [2.05, 4.69) is 10.6 Å². The number of ether oxygens (including phenoxy) is 3. The van der Waals surface area contributed by atoms with Gasteiger partial charge in [0, 0.05) is 36.8 Å². The lowest BCUT2D eigenvalue weighted by Gasteiger charge is -2.16. The summed E-state index contributed by atoms with van der Waals surface area (Å²) in [6.07, 6.45) is 8.11. The third kappa shape index (κ3) is 5.81. The van der Waals surface area contributed by atoms with Crippen molar-refractivity contribution in [3.8, 4) is 17.2 Å². The van der Waals surface area contributed by atoms with E-state index >= 15 is 0 Å². The zero-order chi connectivity index (χ0) is 18.1. The Morgan fingerprint density at radius 2 is 1.60 bits per heavy atom. The fourth-order valence-corrected chi connectivity index (χ4v) is 3.25. The van der Waals surface area contributed by atoms with Crippen LogP contribution < -0.4 is 24.8 Å². The van der Waals surface area contributed by atoms with Gasteiger partial charge in [-0.25, -0.2) is 0 Å². The van der Waals surface area contributed by atoms with Gasteiger partial charge in [-0.2, -0.15) is 0 Å². The first-order valence-corrected chi connectivity index (χ1v) is 9.01. The minimum atomic E-state index is -0.0320. The van der Waals surface area contributed by atoms with Crippen LogP contribution in [0.15, 0.2) is 12.1 Å². The molecular weight excluding hydrogens is 320 g/mol. The molecule has 0 unspecified atom stereocenters. The van der Waals surface area contributed by atoms with Crippen LogP contribution in [0, 0.1) is 0 Å². The van der Waals surface area contributed by atoms with Crippen molar-refractivity contribution in [3.05, 3.63) is 12.1 Å². The van der Waals surface area contributed by atoms with Crippen LogP contribution in [0.2, 0.25) is 0 Å². The average molecular weight is 350 g/mol. The summed E-state index contributed by atoms with van der Waals surface area (Å²) in [6.45, 7) is 0.695. The van der Waals surface area contributed by atoms with Gasteiger partial charge in [-0.15, -0.1) is 0 Å². The van der Waals surface area contributed by atoms with E-state index < -0.39 is 0 Å². The maximum atomic E-state index is 12.2. The zero-order valence-corrected chi connectivity index (χ0v) is 15.5. The Labute approximate surface area is 150 Å². The summed E-state index contributed by atoms with van der Waals surface area (Å²) >= 11 is 0. The van der Waals surface area contributed by atoms with Gasteiger partial charge in [-0.05, 0) is 12.8 Å². The SMILES string of the molecule is COc1cc(NC(=O)CCNC2CCCCCC2)cc(OC)c1OC. The third-order valence-electron chi connectivity index (χ3n) is 4.59. The van der Waals surface area contributed by atoms with Crippen molar-refractivity contribution in [2.24, 2.45) is 0 Å². The van der Waals surface area contributed by atoms with Gasteiger partial charge < -0.3 is 24.8 Å². The standard InChI is InChI=1S/C19H30N2O4/c1-23-16-12-15(13-17(24-2)19(16)25-3)21-18(22)10-11-20-14-8-6-4-5-7-9-14/h12-14,20H,4-11H2,1-3H3,(H,21,22). The number of rotatable bonds is 8. The molecule has 6 heteroatoms. The Balaban J connectivity index is 1.87. The van der Waals surface area contributed by atoms with E-state index in [0.29, 0.717) is 41.9 Å². The highest BCUT2D eigenvalue weighted by molar-refractivity contribution is 5.91. The predicted molar refractivity (Wildman–Crippen MR) is 98.8 cm³/mol. The molecular formula is C19H30N2O4. The minimum absolute atomic E-state index is 0.0320. The van der Waals surface area contributed by atoms with Crippen molar-refractivity contribution in [2.75, 3.05) is 33.2 Å². The van der Waals surface area contributed by atoms with Crippen LogP contribution in [0.5, 0.6) is 17.2 Å². The van der Waals surface area contributed by atoms with Crippen LogP contribution in [-0.4, -0.2) is 39.8 Å². The molecule has 0 aliphatic heterocycles. The lowest BCUT2D eigenvalue weighted by Crippen LogP contribution is -2.31. The van der Waals surface area contributed by atoms with E-state index in [1.54, 1.807) is 33.5 Å². The number of benzene rings is 1. The molecule has 6 nitrogen and oxygen atoms in total. The third-order valence-corrected chi connectivity index (χ3v) is 4.59. The molecule has 0 atom stereocenters. The molecule has 0 bridgehead atoms. The molecule has 1 fully saturated rings. The van der Waals surface area contributed by atoms with Gasteiger partial charge in [0.2, 0.25) is 11.7 Å². The molecule has 0 saturated heterocycles. The van der Waals surface area contributed by atoms with Crippen molar-refractivity contribution in [3.63, 3.8) is 0 Å². The highest BCUT2D eigenvalue weighted by Crippen LogP contribution is 2.39. The summed E-state index contributed by atoms with van der Waals surface area (Å²) in [6, 6.07) is 4.02. The highest BCUT2D eigenvalue weighted by atomic mass is 16.5. The number of hydrogen-bond acceptors (Lipinski definition) is 5. The van der Waals surface area contributed by atoms with E-state index in [9.17, 15) is 4.79 Å². The Hall–Kier alpha value is -1.95. The van der Waals surface area contributed by atoms with E-state index in [1.807, 2.05) is 0 Å². The number of amides is 1. The molecule has 1 aromatic rings. The summed E-state index contributed by atoms with van der Waals surface area (Å²) in [7, 11) is 4.66. The zero-order valence-electron chi connectivity index (χ0n) is 15.5. The second kappa shape index (κ2) is 10.1.